The fraction of sp³-hybridized carbons (Fsp3) is 0.852. The maximum atomic E-state index is 9.54. The fourth-order valence-corrected chi connectivity index (χ4v) is 7.60. The molecule has 3 aliphatic rings. The first-order valence-electron chi connectivity index (χ1n) is 12.9. The standard InChI is InChI=1S/C27H46N2O2/c1-18(2)7-6-8-20(4)25-13-14-26-24-12-11-22(29-31)17-21(28-30)10-9-19(3)23(24)15-16-27(25,26)5/h9,18,20,23-26,30-31H,6-8,10-17H2,1-5H3/b19-9+,28-21+,29-22-/t20-,23-,24-,25-,26+,27-/m1/s1. The molecule has 3 rings (SSSR count). The number of hydrogen-bond acceptors (Lipinski definition) is 4. The molecule has 2 saturated carbocycles. The summed E-state index contributed by atoms with van der Waals surface area (Å²) in [5.41, 5.74) is 3.40. The molecular weight excluding hydrogens is 384 g/mol. The van der Waals surface area contributed by atoms with Gasteiger partial charge in [-0.05, 0) is 86.4 Å². The minimum atomic E-state index is 0.455. The summed E-state index contributed by atoms with van der Waals surface area (Å²) in [7, 11) is 0. The highest BCUT2D eigenvalue weighted by Gasteiger charge is 2.54. The highest BCUT2D eigenvalue weighted by atomic mass is 16.4. The molecule has 176 valence electrons. The summed E-state index contributed by atoms with van der Waals surface area (Å²) in [5, 5.41) is 25.9. The van der Waals surface area contributed by atoms with E-state index in [9.17, 15) is 10.4 Å². The van der Waals surface area contributed by atoms with Gasteiger partial charge in [0.15, 0.2) is 0 Å². The lowest BCUT2D eigenvalue weighted by Crippen LogP contribution is -2.43. The smallest absolute Gasteiger partial charge is 0.0665 e. The van der Waals surface area contributed by atoms with Crippen LogP contribution in [-0.2, 0) is 0 Å². The van der Waals surface area contributed by atoms with Crippen LogP contribution in [0.2, 0.25) is 0 Å². The Kier molecular flexibility index (Phi) is 8.26. The first kappa shape index (κ1) is 24.3. The van der Waals surface area contributed by atoms with Gasteiger partial charge in [-0.25, -0.2) is 0 Å². The second-order valence-corrected chi connectivity index (χ2v) is 11.6. The van der Waals surface area contributed by atoms with Gasteiger partial charge >= 0.3 is 0 Å². The second-order valence-electron chi connectivity index (χ2n) is 11.6. The van der Waals surface area contributed by atoms with Crippen molar-refractivity contribution in [1.29, 1.82) is 0 Å². The lowest BCUT2D eigenvalue weighted by molar-refractivity contribution is 0.00268. The molecule has 0 saturated heterocycles. The van der Waals surface area contributed by atoms with Gasteiger partial charge in [-0.1, -0.05) is 68.9 Å². The molecule has 0 spiro atoms. The topological polar surface area (TPSA) is 65.2 Å². The Balaban J connectivity index is 1.79. The van der Waals surface area contributed by atoms with Crippen LogP contribution < -0.4 is 0 Å². The number of rotatable bonds is 5. The molecule has 0 amide bonds. The summed E-state index contributed by atoms with van der Waals surface area (Å²) < 4.78 is 0. The van der Waals surface area contributed by atoms with E-state index in [1.165, 1.54) is 50.5 Å². The Labute approximate surface area is 190 Å². The van der Waals surface area contributed by atoms with Crippen LogP contribution in [0, 0.1) is 40.9 Å². The predicted octanol–water partition coefficient (Wildman–Crippen LogP) is 7.69. The van der Waals surface area contributed by atoms with Gasteiger partial charge in [0.1, 0.15) is 0 Å². The van der Waals surface area contributed by atoms with Crippen molar-refractivity contribution < 1.29 is 10.4 Å². The Bertz CT molecular complexity index is 695. The predicted molar refractivity (Wildman–Crippen MR) is 129 cm³/mol. The molecule has 0 aliphatic heterocycles. The Hall–Kier alpha value is -1.32. The van der Waals surface area contributed by atoms with Crippen LogP contribution in [0.5, 0.6) is 0 Å². The van der Waals surface area contributed by atoms with Crippen molar-refractivity contribution in [2.24, 2.45) is 51.2 Å². The van der Waals surface area contributed by atoms with Crippen LogP contribution in [0.4, 0.5) is 0 Å². The van der Waals surface area contributed by atoms with Crippen LogP contribution in [-0.4, -0.2) is 21.8 Å². The second kappa shape index (κ2) is 10.5. The van der Waals surface area contributed by atoms with E-state index < -0.39 is 0 Å². The maximum Gasteiger partial charge on any atom is 0.0665 e. The molecule has 0 aromatic heterocycles. The quantitative estimate of drug-likeness (QED) is 0.267. The molecule has 0 aromatic rings. The summed E-state index contributed by atoms with van der Waals surface area (Å²) >= 11 is 0. The van der Waals surface area contributed by atoms with Gasteiger partial charge in [0.2, 0.25) is 0 Å². The minimum absolute atomic E-state index is 0.455. The van der Waals surface area contributed by atoms with Gasteiger partial charge in [0, 0.05) is 12.8 Å². The van der Waals surface area contributed by atoms with Gasteiger partial charge in [-0.15, -0.1) is 0 Å². The van der Waals surface area contributed by atoms with E-state index in [1.54, 1.807) is 0 Å². The number of hydrogen-bond donors (Lipinski definition) is 2. The summed E-state index contributed by atoms with van der Waals surface area (Å²) in [4.78, 5) is 0. The Morgan fingerprint density at radius 1 is 1.03 bits per heavy atom. The summed E-state index contributed by atoms with van der Waals surface area (Å²) in [6.45, 7) is 12.1. The largest absolute Gasteiger partial charge is 0.411 e. The zero-order chi connectivity index (χ0) is 22.6. The molecule has 2 fully saturated rings. The van der Waals surface area contributed by atoms with Gasteiger partial charge in [0.25, 0.3) is 0 Å². The molecule has 0 aromatic carbocycles. The molecule has 3 aliphatic carbocycles. The van der Waals surface area contributed by atoms with E-state index in [2.05, 4.69) is 51.0 Å². The van der Waals surface area contributed by atoms with Gasteiger partial charge in [-0.2, -0.15) is 0 Å². The number of allylic oxidation sites excluding steroid dienone is 2. The molecule has 31 heavy (non-hydrogen) atoms. The lowest BCUT2D eigenvalue weighted by atomic mass is 9.54. The lowest BCUT2D eigenvalue weighted by Gasteiger charge is -2.50. The number of fused-ring (bicyclic) bond motifs is 3. The van der Waals surface area contributed by atoms with Crippen molar-refractivity contribution in [2.75, 3.05) is 0 Å². The average Bonchev–Trinajstić information content (AvgIpc) is 3.09. The molecule has 0 bridgehead atoms. The first-order chi connectivity index (χ1) is 14.8. The minimum Gasteiger partial charge on any atom is -0.411 e. The summed E-state index contributed by atoms with van der Waals surface area (Å²) in [6.07, 6.45) is 14.8. The first-order valence-corrected chi connectivity index (χ1v) is 12.9. The highest BCUT2D eigenvalue weighted by Crippen LogP contribution is 2.62. The Morgan fingerprint density at radius 3 is 2.45 bits per heavy atom. The zero-order valence-corrected chi connectivity index (χ0v) is 20.6. The molecule has 0 unspecified atom stereocenters. The third-order valence-corrected chi connectivity index (χ3v) is 9.34. The van der Waals surface area contributed by atoms with Crippen LogP contribution in [0.3, 0.4) is 0 Å². The SMILES string of the molecule is C/C1=C\C/C(=N\O)C/C(=N\O)CC[C@@H]2[C@@H]1CC[C@]1(C)[C@@H]([C@H](C)CCCC(C)C)CC[C@@H]21. The van der Waals surface area contributed by atoms with E-state index in [-0.39, 0.29) is 0 Å². The normalized spacial score (nSPS) is 39.7. The van der Waals surface area contributed by atoms with Gasteiger partial charge in [0.05, 0.1) is 11.4 Å². The van der Waals surface area contributed by atoms with Crippen LogP contribution in [0.25, 0.3) is 0 Å². The number of oxime groups is 2. The van der Waals surface area contributed by atoms with E-state index >= 15 is 0 Å². The molecule has 0 heterocycles. The summed E-state index contributed by atoms with van der Waals surface area (Å²) in [6, 6.07) is 0. The van der Waals surface area contributed by atoms with Crippen molar-refractivity contribution in [3.63, 3.8) is 0 Å². The molecule has 2 N–H and O–H groups in total. The maximum absolute atomic E-state index is 9.54. The van der Waals surface area contributed by atoms with Crippen molar-refractivity contribution in [3.05, 3.63) is 11.6 Å². The van der Waals surface area contributed by atoms with Crippen LogP contribution in [0.15, 0.2) is 22.0 Å². The number of nitrogens with zero attached hydrogens (tertiary/aromatic N) is 2. The fourth-order valence-electron chi connectivity index (χ4n) is 7.60. The van der Waals surface area contributed by atoms with Gasteiger partial charge in [-0.3, -0.25) is 0 Å². The van der Waals surface area contributed by atoms with Crippen molar-refractivity contribution in [1.82, 2.24) is 0 Å². The van der Waals surface area contributed by atoms with E-state index in [1.807, 2.05) is 0 Å². The molecular formula is C27H46N2O2. The van der Waals surface area contributed by atoms with E-state index in [0.29, 0.717) is 35.8 Å². The highest BCUT2D eigenvalue weighted by molar-refractivity contribution is 6.04. The van der Waals surface area contributed by atoms with Crippen molar-refractivity contribution in [3.8, 4) is 0 Å². The average molecular weight is 431 g/mol. The molecule has 6 atom stereocenters. The molecule has 4 heteroatoms. The van der Waals surface area contributed by atoms with Crippen LogP contribution in [0.1, 0.15) is 105 Å². The monoisotopic (exact) mass is 430 g/mol. The van der Waals surface area contributed by atoms with E-state index in [4.69, 9.17) is 0 Å². The third-order valence-electron chi connectivity index (χ3n) is 9.34. The zero-order valence-electron chi connectivity index (χ0n) is 20.6. The van der Waals surface area contributed by atoms with Crippen LogP contribution >= 0.6 is 0 Å². The Morgan fingerprint density at radius 2 is 1.77 bits per heavy atom. The van der Waals surface area contributed by atoms with Crippen molar-refractivity contribution >= 4 is 11.4 Å². The summed E-state index contributed by atoms with van der Waals surface area (Å²) in [5.74, 6) is 4.55. The molecule has 0 radical (unpaired) electrons. The molecule has 4 nitrogen and oxygen atoms in total. The van der Waals surface area contributed by atoms with Crippen molar-refractivity contribution in [2.45, 2.75) is 105 Å². The van der Waals surface area contributed by atoms with Gasteiger partial charge < -0.3 is 10.4 Å². The van der Waals surface area contributed by atoms with E-state index in [0.717, 1.165) is 42.2 Å². The third kappa shape index (κ3) is 5.37.